The normalized spacial score (nSPS) is 19.5. The number of sulfonamides is 1. The Kier molecular flexibility index (Phi) is 7.27. The van der Waals surface area contributed by atoms with E-state index in [1.165, 1.54) is 10.4 Å². The quantitative estimate of drug-likeness (QED) is 0.751. The van der Waals surface area contributed by atoms with Gasteiger partial charge in [-0.1, -0.05) is 11.6 Å². The predicted octanol–water partition coefficient (Wildman–Crippen LogP) is 1.64. The highest BCUT2D eigenvalue weighted by Crippen LogP contribution is 2.26. The topological polar surface area (TPSA) is 78.5 Å². The van der Waals surface area contributed by atoms with E-state index in [0.717, 1.165) is 25.2 Å². The number of nitrogens with zero attached hydrogens (tertiary/aromatic N) is 1. The third-order valence-electron chi connectivity index (χ3n) is 4.78. The molecule has 0 saturated carbocycles. The van der Waals surface area contributed by atoms with Crippen LogP contribution in [0.1, 0.15) is 12.8 Å². The number of hydrogen-bond acceptors (Lipinski definition) is 4. The minimum absolute atomic E-state index is 0. The van der Waals surface area contributed by atoms with Gasteiger partial charge in [-0.2, -0.15) is 4.31 Å². The average molecular weight is 426 g/mol. The van der Waals surface area contributed by atoms with Crippen LogP contribution in [0.15, 0.2) is 23.1 Å². The number of halogens is 3. The number of carbonyl (C=O) groups excluding carboxylic acids is 1. The van der Waals surface area contributed by atoms with Crippen molar-refractivity contribution in [2.45, 2.75) is 17.7 Å². The molecule has 0 spiro atoms. The van der Waals surface area contributed by atoms with Crippen molar-refractivity contribution in [1.82, 2.24) is 14.9 Å². The van der Waals surface area contributed by atoms with Gasteiger partial charge in [0.25, 0.3) is 0 Å². The molecule has 2 fully saturated rings. The summed E-state index contributed by atoms with van der Waals surface area (Å²) in [6.07, 6.45) is 0.950. The third kappa shape index (κ3) is 4.67. The highest BCUT2D eigenvalue weighted by molar-refractivity contribution is 7.89. The summed E-state index contributed by atoms with van der Waals surface area (Å²) in [6, 6.07) is 3.38. The number of hydrogen-bond donors (Lipinski definition) is 2. The van der Waals surface area contributed by atoms with Gasteiger partial charge in [0, 0.05) is 44.6 Å². The maximum Gasteiger partial charge on any atom is 0.243 e. The zero-order valence-corrected chi connectivity index (χ0v) is 16.5. The Morgan fingerprint density at radius 3 is 2.50 bits per heavy atom. The molecule has 2 heterocycles. The van der Waals surface area contributed by atoms with Gasteiger partial charge in [-0.15, -0.1) is 12.4 Å². The van der Waals surface area contributed by atoms with Gasteiger partial charge in [0.2, 0.25) is 15.9 Å². The van der Waals surface area contributed by atoms with Gasteiger partial charge in [-0.05, 0) is 31.0 Å². The zero-order chi connectivity index (χ0) is 18.0. The number of rotatable bonds is 5. The SMILES string of the molecule is Cl.O=C(NCC1CNC1)C1CCN(S(=O)(=O)c2ccc(F)c(Cl)c2)CC1. The monoisotopic (exact) mass is 425 g/mol. The molecule has 2 aliphatic rings. The van der Waals surface area contributed by atoms with E-state index in [9.17, 15) is 17.6 Å². The van der Waals surface area contributed by atoms with Crippen molar-refractivity contribution in [3.05, 3.63) is 29.0 Å². The summed E-state index contributed by atoms with van der Waals surface area (Å²) in [5.41, 5.74) is 0. The van der Waals surface area contributed by atoms with Crippen molar-refractivity contribution >= 4 is 39.9 Å². The molecule has 0 aliphatic carbocycles. The lowest BCUT2D eigenvalue weighted by Crippen LogP contribution is -2.50. The second kappa shape index (κ2) is 8.84. The van der Waals surface area contributed by atoms with E-state index in [0.29, 0.717) is 25.3 Å². The smallest absolute Gasteiger partial charge is 0.243 e. The lowest BCUT2D eigenvalue weighted by atomic mass is 9.96. The zero-order valence-electron chi connectivity index (χ0n) is 14.1. The van der Waals surface area contributed by atoms with Gasteiger partial charge in [0.05, 0.1) is 9.92 Å². The summed E-state index contributed by atoms with van der Waals surface area (Å²) in [6.45, 7) is 3.05. The van der Waals surface area contributed by atoms with Crippen molar-refractivity contribution in [3.8, 4) is 0 Å². The van der Waals surface area contributed by atoms with Gasteiger partial charge in [-0.3, -0.25) is 4.79 Å². The van der Waals surface area contributed by atoms with E-state index in [2.05, 4.69) is 10.6 Å². The molecule has 10 heteroatoms. The van der Waals surface area contributed by atoms with Crippen molar-refractivity contribution in [2.75, 3.05) is 32.7 Å². The Labute approximate surface area is 163 Å². The summed E-state index contributed by atoms with van der Waals surface area (Å²) in [5, 5.41) is 5.88. The van der Waals surface area contributed by atoms with Crippen LogP contribution >= 0.6 is 24.0 Å². The molecule has 0 unspecified atom stereocenters. The van der Waals surface area contributed by atoms with E-state index < -0.39 is 15.8 Å². The average Bonchev–Trinajstić information content (AvgIpc) is 2.55. The van der Waals surface area contributed by atoms with Gasteiger partial charge in [0.15, 0.2) is 0 Å². The number of piperidine rings is 1. The summed E-state index contributed by atoms with van der Waals surface area (Å²) in [7, 11) is -3.73. The number of carbonyl (C=O) groups is 1. The molecule has 2 aliphatic heterocycles. The minimum atomic E-state index is -3.73. The molecule has 2 saturated heterocycles. The molecule has 1 aromatic carbocycles. The molecule has 0 aromatic heterocycles. The van der Waals surface area contributed by atoms with Crippen LogP contribution in [0.3, 0.4) is 0 Å². The molecule has 0 radical (unpaired) electrons. The summed E-state index contributed by atoms with van der Waals surface area (Å²) in [4.78, 5) is 12.2. The van der Waals surface area contributed by atoms with Crippen LogP contribution in [0, 0.1) is 17.7 Å². The second-order valence-electron chi connectivity index (χ2n) is 6.52. The number of benzene rings is 1. The standard InChI is InChI=1S/C16H21ClFN3O3S.ClH/c17-14-7-13(1-2-15(14)18)25(23,24)21-5-3-12(4-6-21)16(22)20-10-11-8-19-9-11;/h1-2,7,11-12,19H,3-6,8-10H2,(H,20,22);1H. The van der Waals surface area contributed by atoms with Crippen LogP contribution in [0.2, 0.25) is 5.02 Å². The molecule has 6 nitrogen and oxygen atoms in total. The predicted molar refractivity (Wildman–Crippen MR) is 99.5 cm³/mol. The summed E-state index contributed by atoms with van der Waals surface area (Å²) >= 11 is 5.69. The maximum absolute atomic E-state index is 13.2. The Morgan fingerprint density at radius 1 is 1.31 bits per heavy atom. The highest BCUT2D eigenvalue weighted by Gasteiger charge is 2.32. The van der Waals surface area contributed by atoms with Crippen LogP contribution in [-0.2, 0) is 14.8 Å². The fourth-order valence-corrected chi connectivity index (χ4v) is 4.77. The van der Waals surface area contributed by atoms with E-state index >= 15 is 0 Å². The summed E-state index contributed by atoms with van der Waals surface area (Å²) < 4.78 is 39.8. The number of amides is 1. The van der Waals surface area contributed by atoms with E-state index in [4.69, 9.17) is 11.6 Å². The highest BCUT2D eigenvalue weighted by atomic mass is 35.5. The first-order valence-electron chi connectivity index (χ1n) is 8.31. The Hall–Kier alpha value is -0.930. The molecule has 1 aromatic rings. The van der Waals surface area contributed by atoms with Crippen molar-refractivity contribution in [2.24, 2.45) is 11.8 Å². The lowest BCUT2D eigenvalue weighted by molar-refractivity contribution is -0.126. The molecule has 3 rings (SSSR count). The van der Waals surface area contributed by atoms with E-state index in [-0.39, 0.29) is 47.2 Å². The van der Waals surface area contributed by atoms with Crippen LogP contribution in [0.25, 0.3) is 0 Å². The third-order valence-corrected chi connectivity index (χ3v) is 6.97. The van der Waals surface area contributed by atoms with Crippen LogP contribution in [-0.4, -0.2) is 51.4 Å². The second-order valence-corrected chi connectivity index (χ2v) is 8.87. The van der Waals surface area contributed by atoms with E-state index in [1.807, 2.05) is 0 Å². The first-order valence-corrected chi connectivity index (χ1v) is 10.1. The van der Waals surface area contributed by atoms with Crippen LogP contribution in [0.5, 0.6) is 0 Å². The molecule has 26 heavy (non-hydrogen) atoms. The first-order chi connectivity index (χ1) is 11.9. The molecule has 0 atom stereocenters. The Balaban J connectivity index is 0.00000243. The Bertz CT molecular complexity index is 751. The van der Waals surface area contributed by atoms with Gasteiger partial charge < -0.3 is 10.6 Å². The molecule has 2 N–H and O–H groups in total. The van der Waals surface area contributed by atoms with Crippen molar-refractivity contribution in [1.29, 1.82) is 0 Å². The molecule has 1 amide bonds. The van der Waals surface area contributed by atoms with Crippen molar-refractivity contribution < 1.29 is 17.6 Å². The maximum atomic E-state index is 13.2. The summed E-state index contributed by atoms with van der Waals surface area (Å²) in [5.74, 6) is -0.338. The van der Waals surface area contributed by atoms with Crippen molar-refractivity contribution in [3.63, 3.8) is 0 Å². The molecular formula is C16H22Cl2FN3O3S. The van der Waals surface area contributed by atoms with Gasteiger partial charge in [0.1, 0.15) is 5.82 Å². The van der Waals surface area contributed by atoms with E-state index in [1.54, 1.807) is 0 Å². The minimum Gasteiger partial charge on any atom is -0.355 e. The fraction of sp³-hybridized carbons (Fsp3) is 0.562. The molecule has 146 valence electrons. The van der Waals surface area contributed by atoms with Crippen LogP contribution in [0.4, 0.5) is 4.39 Å². The number of nitrogens with one attached hydrogen (secondary N) is 2. The largest absolute Gasteiger partial charge is 0.355 e. The molecule has 0 bridgehead atoms. The van der Waals surface area contributed by atoms with Gasteiger partial charge >= 0.3 is 0 Å². The van der Waals surface area contributed by atoms with Gasteiger partial charge in [-0.25, -0.2) is 12.8 Å². The van der Waals surface area contributed by atoms with Crippen LogP contribution < -0.4 is 10.6 Å². The molecular weight excluding hydrogens is 404 g/mol. The Morgan fingerprint density at radius 2 is 1.96 bits per heavy atom. The fourth-order valence-electron chi connectivity index (χ4n) is 3.03. The first kappa shape index (κ1) is 21.4. The lowest BCUT2D eigenvalue weighted by Gasteiger charge is -2.32.